The molecule has 86 valence electrons. The van der Waals surface area contributed by atoms with E-state index in [0.29, 0.717) is 12.5 Å². The lowest BCUT2D eigenvalue weighted by atomic mass is 10.1. The molecule has 0 saturated carbocycles. The summed E-state index contributed by atoms with van der Waals surface area (Å²) in [7, 11) is 2.08. The van der Waals surface area contributed by atoms with Crippen LogP contribution < -0.4 is 5.73 Å². The fourth-order valence-corrected chi connectivity index (χ4v) is 2.01. The Morgan fingerprint density at radius 1 is 1.44 bits per heavy atom. The minimum Gasteiger partial charge on any atom is -0.331 e. The zero-order valence-electron chi connectivity index (χ0n) is 10.2. The van der Waals surface area contributed by atoms with Gasteiger partial charge in [0.2, 0.25) is 0 Å². The molecule has 0 radical (unpaired) electrons. The molecule has 0 aliphatic carbocycles. The van der Waals surface area contributed by atoms with Crippen LogP contribution in [0.4, 0.5) is 0 Å². The average Bonchev–Trinajstić information content (AvgIpc) is 2.65. The van der Waals surface area contributed by atoms with Crippen LogP contribution >= 0.6 is 0 Å². The standard InChI is InChI=1S/C13H19N3/c1-4-9(2)13-15-11-7-10(8-14)5-6-12(11)16(13)3/h5-7,9H,4,8,14H2,1-3H3. The molecule has 1 aromatic carbocycles. The third-order valence-electron chi connectivity index (χ3n) is 3.27. The maximum absolute atomic E-state index is 5.64. The van der Waals surface area contributed by atoms with Crippen LogP contribution in [0, 0.1) is 0 Å². The lowest BCUT2D eigenvalue weighted by molar-refractivity contribution is 0.649. The SMILES string of the molecule is CCC(C)c1nc2cc(CN)ccc2n1C. The smallest absolute Gasteiger partial charge is 0.112 e. The quantitative estimate of drug-likeness (QED) is 0.858. The Labute approximate surface area is 96.3 Å². The van der Waals surface area contributed by atoms with Gasteiger partial charge in [-0.2, -0.15) is 0 Å². The number of nitrogens with two attached hydrogens (primary N) is 1. The van der Waals surface area contributed by atoms with Crippen molar-refractivity contribution in [2.45, 2.75) is 32.7 Å². The van der Waals surface area contributed by atoms with E-state index in [0.717, 1.165) is 23.3 Å². The molecule has 2 rings (SSSR count). The van der Waals surface area contributed by atoms with Crippen LogP contribution in [0.1, 0.15) is 37.6 Å². The topological polar surface area (TPSA) is 43.8 Å². The van der Waals surface area contributed by atoms with Crippen LogP contribution in [0.3, 0.4) is 0 Å². The summed E-state index contributed by atoms with van der Waals surface area (Å²) in [5.74, 6) is 1.66. The highest BCUT2D eigenvalue weighted by Gasteiger charge is 2.12. The van der Waals surface area contributed by atoms with Gasteiger partial charge in [0.1, 0.15) is 5.82 Å². The van der Waals surface area contributed by atoms with Crippen molar-refractivity contribution in [3.8, 4) is 0 Å². The first-order valence-electron chi connectivity index (χ1n) is 5.82. The fourth-order valence-electron chi connectivity index (χ4n) is 2.01. The molecule has 16 heavy (non-hydrogen) atoms. The molecule has 3 heteroatoms. The Balaban J connectivity index is 2.58. The van der Waals surface area contributed by atoms with Gasteiger partial charge in [-0.25, -0.2) is 4.98 Å². The summed E-state index contributed by atoms with van der Waals surface area (Å²) in [4.78, 5) is 4.70. The number of fused-ring (bicyclic) bond motifs is 1. The minimum atomic E-state index is 0.499. The summed E-state index contributed by atoms with van der Waals surface area (Å²) in [6.07, 6.45) is 1.11. The van der Waals surface area contributed by atoms with E-state index in [2.05, 4.69) is 43.7 Å². The monoisotopic (exact) mass is 217 g/mol. The van der Waals surface area contributed by atoms with Crippen LogP contribution in [0.25, 0.3) is 11.0 Å². The van der Waals surface area contributed by atoms with Crippen LogP contribution in [0.5, 0.6) is 0 Å². The van der Waals surface area contributed by atoms with Crippen molar-refractivity contribution < 1.29 is 0 Å². The van der Waals surface area contributed by atoms with Crippen molar-refractivity contribution in [3.63, 3.8) is 0 Å². The molecular formula is C13H19N3. The van der Waals surface area contributed by atoms with E-state index in [9.17, 15) is 0 Å². The van der Waals surface area contributed by atoms with Gasteiger partial charge >= 0.3 is 0 Å². The summed E-state index contributed by atoms with van der Waals surface area (Å²) in [5, 5.41) is 0. The van der Waals surface area contributed by atoms with Gasteiger partial charge < -0.3 is 10.3 Å². The third-order valence-corrected chi connectivity index (χ3v) is 3.27. The molecule has 0 spiro atoms. The Morgan fingerprint density at radius 3 is 2.81 bits per heavy atom. The summed E-state index contributed by atoms with van der Waals surface area (Å²) in [5.41, 5.74) is 9.02. The fraction of sp³-hybridized carbons (Fsp3) is 0.462. The normalized spacial score (nSPS) is 13.2. The van der Waals surface area contributed by atoms with Gasteiger partial charge in [0.25, 0.3) is 0 Å². The van der Waals surface area contributed by atoms with Crippen LogP contribution in [0.15, 0.2) is 18.2 Å². The third kappa shape index (κ3) is 1.71. The van der Waals surface area contributed by atoms with Crippen molar-refractivity contribution in [3.05, 3.63) is 29.6 Å². The molecular weight excluding hydrogens is 198 g/mol. The van der Waals surface area contributed by atoms with Gasteiger partial charge in [-0.15, -0.1) is 0 Å². The molecule has 1 heterocycles. The molecule has 0 amide bonds. The lowest BCUT2D eigenvalue weighted by Gasteiger charge is -2.07. The number of aryl methyl sites for hydroxylation is 1. The predicted octanol–water partition coefficient (Wildman–Crippen LogP) is 2.55. The first-order chi connectivity index (χ1) is 7.67. The first-order valence-corrected chi connectivity index (χ1v) is 5.82. The Morgan fingerprint density at radius 2 is 2.19 bits per heavy atom. The molecule has 2 aromatic rings. The number of rotatable bonds is 3. The van der Waals surface area contributed by atoms with Crippen molar-refractivity contribution >= 4 is 11.0 Å². The van der Waals surface area contributed by atoms with E-state index in [1.54, 1.807) is 0 Å². The van der Waals surface area contributed by atoms with Crippen molar-refractivity contribution in [1.29, 1.82) is 0 Å². The minimum absolute atomic E-state index is 0.499. The molecule has 0 aliphatic heterocycles. The lowest BCUT2D eigenvalue weighted by Crippen LogP contribution is -2.01. The van der Waals surface area contributed by atoms with Crippen molar-refractivity contribution in [2.24, 2.45) is 12.8 Å². The van der Waals surface area contributed by atoms with Crippen LogP contribution in [-0.4, -0.2) is 9.55 Å². The zero-order chi connectivity index (χ0) is 11.7. The highest BCUT2D eigenvalue weighted by molar-refractivity contribution is 5.77. The molecule has 1 aromatic heterocycles. The van der Waals surface area contributed by atoms with E-state index >= 15 is 0 Å². The summed E-state index contributed by atoms with van der Waals surface area (Å²) < 4.78 is 2.18. The van der Waals surface area contributed by atoms with Crippen LogP contribution in [0.2, 0.25) is 0 Å². The molecule has 2 N–H and O–H groups in total. The second kappa shape index (κ2) is 4.26. The number of imidazole rings is 1. The second-order valence-electron chi connectivity index (χ2n) is 4.37. The van der Waals surface area contributed by atoms with Gasteiger partial charge in [-0.05, 0) is 24.1 Å². The molecule has 0 fully saturated rings. The molecule has 0 saturated heterocycles. The average molecular weight is 217 g/mol. The van der Waals surface area contributed by atoms with Gasteiger partial charge in [0, 0.05) is 19.5 Å². The summed E-state index contributed by atoms with van der Waals surface area (Å²) in [6, 6.07) is 6.27. The Kier molecular flexibility index (Phi) is 2.97. The number of hydrogen-bond acceptors (Lipinski definition) is 2. The van der Waals surface area contributed by atoms with E-state index in [-0.39, 0.29) is 0 Å². The molecule has 1 atom stereocenters. The van der Waals surface area contributed by atoms with Gasteiger partial charge in [0.15, 0.2) is 0 Å². The summed E-state index contributed by atoms with van der Waals surface area (Å²) in [6.45, 7) is 4.98. The predicted molar refractivity (Wildman–Crippen MR) is 67.3 cm³/mol. The van der Waals surface area contributed by atoms with E-state index in [4.69, 9.17) is 10.7 Å². The molecule has 1 unspecified atom stereocenters. The number of benzene rings is 1. The molecule has 0 bridgehead atoms. The molecule has 3 nitrogen and oxygen atoms in total. The van der Waals surface area contributed by atoms with E-state index in [1.807, 2.05) is 0 Å². The van der Waals surface area contributed by atoms with Gasteiger partial charge in [-0.3, -0.25) is 0 Å². The van der Waals surface area contributed by atoms with Crippen LogP contribution in [-0.2, 0) is 13.6 Å². The summed E-state index contributed by atoms with van der Waals surface area (Å²) >= 11 is 0. The zero-order valence-corrected chi connectivity index (χ0v) is 10.2. The highest BCUT2D eigenvalue weighted by Crippen LogP contribution is 2.23. The Hall–Kier alpha value is -1.35. The highest BCUT2D eigenvalue weighted by atomic mass is 15.1. The van der Waals surface area contributed by atoms with Gasteiger partial charge in [-0.1, -0.05) is 19.9 Å². The maximum Gasteiger partial charge on any atom is 0.112 e. The number of nitrogens with zero attached hydrogens (tertiary/aromatic N) is 2. The van der Waals surface area contributed by atoms with Crippen molar-refractivity contribution in [2.75, 3.05) is 0 Å². The Bertz CT molecular complexity index is 499. The molecule has 0 aliphatic rings. The second-order valence-corrected chi connectivity index (χ2v) is 4.37. The first kappa shape index (κ1) is 11.1. The van der Waals surface area contributed by atoms with E-state index in [1.165, 1.54) is 5.52 Å². The largest absolute Gasteiger partial charge is 0.331 e. The maximum atomic E-state index is 5.64. The number of hydrogen-bond donors (Lipinski definition) is 1. The van der Waals surface area contributed by atoms with Crippen molar-refractivity contribution in [1.82, 2.24) is 9.55 Å². The van der Waals surface area contributed by atoms with Gasteiger partial charge in [0.05, 0.1) is 11.0 Å². The van der Waals surface area contributed by atoms with E-state index < -0.39 is 0 Å². The number of aromatic nitrogens is 2.